The van der Waals surface area contributed by atoms with Crippen LogP contribution in [0, 0.1) is 5.92 Å². The lowest BCUT2D eigenvalue weighted by Gasteiger charge is -2.37. The number of rotatable bonds is 0. The predicted octanol–water partition coefficient (Wildman–Crippen LogP) is 3.06. The van der Waals surface area contributed by atoms with E-state index in [4.69, 9.17) is 0 Å². The number of nitrogens with one attached hydrogen (secondary N) is 1. The molecule has 1 aliphatic carbocycles. The summed E-state index contributed by atoms with van der Waals surface area (Å²) in [5.74, 6) is 0.826. The normalized spacial score (nSPS) is 28.2. The van der Waals surface area contributed by atoms with Gasteiger partial charge in [0.1, 0.15) is 0 Å². The number of imidazole rings is 1. The monoisotopic (exact) mass is 245 g/mol. The largest absolute Gasteiger partial charge is 0.434 e. The van der Waals surface area contributed by atoms with E-state index in [1.54, 1.807) is 4.57 Å². The first-order valence-corrected chi connectivity index (χ1v) is 5.95. The van der Waals surface area contributed by atoms with Crippen molar-refractivity contribution in [2.24, 2.45) is 5.92 Å². The maximum Gasteiger partial charge on any atom is 0.434 e. The molecule has 3 nitrogen and oxygen atoms in total. The molecule has 2 atom stereocenters. The van der Waals surface area contributed by atoms with Crippen LogP contribution in [0.15, 0.2) is 6.20 Å². The molecule has 0 radical (unpaired) electrons. The average Bonchev–Trinajstić information content (AvgIpc) is 2.72. The molecule has 0 spiro atoms. The van der Waals surface area contributed by atoms with E-state index in [0.29, 0.717) is 11.9 Å². The summed E-state index contributed by atoms with van der Waals surface area (Å²) < 4.78 is 39.5. The van der Waals surface area contributed by atoms with Crippen LogP contribution in [0.1, 0.15) is 37.4 Å². The van der Waals surface area contributed by atoms with Crippen LogP contribution in [-0.4, -0.2) is 16.1 Å². The fraction of sp³-hybridized carbons (Fsp3) is 0.727. The van der Waals surface area contributed by atoms with Crippen LogP contribution in [0.2, 0.25) is 0 Å². The van der Waals surface area contributed by atoms with Gasteiger partial charge < -0.3 is 9.88 Å². The summed E-state index contributed by atoms with van der Waals surface area (Å²) in [5, 5.41) is 3.01. The molecule has 2 aliphatic rings. The van der Waals surface area contributed by atoms with E-state index in [1.165, 1.54) is 6.42 Å². The van der Waals surface area contributed by atoms with Crippen molar-refractivity contribution in [3.05, 3.63) is 11.9 Å². The molecule has 17 heavy (non-hydrogen) atoms. The zero-order chi connectivity index (χ0) is 12.0. The maximum atomic E-state index is 12.6. The van der Waals surface area contributed by atoms with E-state index in [9.17, 15) is 13.2 Å². The third-order valence-corrected chi connectivity index (χ3v) is 3.77. The molecule has 1 aliphatic heterocycles. The molecule has 94 valence electrons. The predicted molar refractivity (Wildman–Crippen MR) is 56.7 cm³/mol. The van der Waals surface area contributed by atoms with E-state index in [1.807, 2.05) is 0 Å². The summed E-state index contributed by atoms with van der Waals surface area (Å²) in [4.78, 5) is 3.64. The van der Waals surface area contributed by atoms with E-state index in [0.717, 1.165) is 32.0 Å². The van der Waals surface area contributed by atoms with Gasteiger partial charge in [0.2, 0.25) is 5.95 Å². The van der Waals surface area contributed by atoms with Crippen LogP contribution >= 0.6 is 0 Å². The highest BCUT2D eigenvalue weighted by Gasteiger charge is 2.38. The molecule has 2 unspecified atom stereocenters. The molecule has 0 amide bonds. The van der Waals surface area contributed by atoms with Crippen LogP contribution < -0.4 is 5.32 Å². The van der Waals surface area contributed by atoms with Crippen LogP contribution in [0.25, 0.3) is 0 Å². The van der Waals surface area contributed by atoms with Crippen LogP contribution in [0.3, 0.4) is 0 Å². The summed E-state index contributed by atoms with van der Waals surface area (Å²) >= 11 is 0. The number of halogens is 3. The van der Waals surface area contributed by atoms with Crippen molar-refractivity contribution >= 4 is 5.95 Å². The first kappa shape index (κ1) is 10.9. The first-order valence-electron chi connectivity index (χ1n) is 5.95. The van der Waals surface area contributed by atoms with Crippen LogP contribution in [0.5, 0.6) is 0 Å². The molecule has 1 fully saturated rings. The van der Waals surface area contributed by atoms with Crippen LogP contribution in [0.4, 0.5) is 19.1 Å². The molecule has 1 aromatic rings. The summed E-state index contributed by atoms with van der Waals surface area (Å²) in [7, 11) is 0. The minimum atomic E-state index is -4.35. The summed E-state index contributed by atoms with van der Waals surface area (Å²) in [6.07, 6.45) is 1.14. The van der Waals surface area contributed by atoms with E-state index in [-0.39, 0.29) is 6.04 Å². The van der Waals surface area contributed by atoms with Gasteiger partial charge in [0.15, 0.2) is 5.69 Å². The highest BCUT2D eigenvalue weighted by molar-refractivity contribution is 5.33. The molecule has 0 saturated heterocycles. The molecule has 0 bridgehead atoms. The molecule has 2 heterocycles. The van der Waals surface area contributed by atoms with Crippen molar-refractivity contribution in [1.82, 2.24) is 9.55 Å². The van der Waals surface area contributed by atoms with Crippen LogP contribution in [-0.2, 0) is 6.18 Å². The lowest BCUT2D eigenvalue weighted by molar-refractivity contribution is -0.140. The van der Waals surface area contributed by atoms with Gasteiger partial charge in [-0.1, -0.05) is 12.8 Å². The lowest BCUT2D eigenvalue weighted by atomic mass is 9.83. The molecular formula is C11H14F3N3. The molecule has 3 rings (SSSR count). The van der Waals surface area contributed by atoms with Gasteiger partial charge in [-0.25, -0.2) is 4.98 Å². The van der Waals surface area contributed by atoms with Gasteiger partial charge in [0, 0.05) is 18.8 Å². The SMILES string of the molecule is FC(F)(F)c1cn2c(n1)NCC1CCCCC12. The Kier molecular flexibility index (Phi) is 2.34. The topological polar surface area (TPSA) is 29.9 Å². The molecule has 1 saturated carbocycles. The van der Waals surface area contributed by atoms with E-state index in [2.05, 4.69) is 10.3 Å². The fourth-order valence-electron chi connectivity index (χ4n) is 2.93. The number of fused-ring (bicyclic) bond motifs is 3. The number of alkyl halides is 3. The quantitative estimate of drug-likeness (QED) is 0.761. The Morgan fingerprint density at radius 1 is 1.29 bits per heavy atom. The molecule has 1 aromatic heterocycles. The second-order valence-electron chi connectivity index (χ2n) is 4.85. The highest BCUT2D eigenvalue weighted by atomic mass is 19.4. The average molecular weight is 245 g/mol. The standard InChI is InChI=1S/C11H14F3N3/c12-11(13,14)9-6-17-8-4-2-1-3-7(8)5-15-10(17)16-9/h6-8H,1-5H2,(H,15,16). The number of nitrogens with zero attached hydrogens (tertiary/aromatic N) is 2. The Balaban J connectivity index is 1.96. The van der Waals surface area contributed by atoms with Crippen molar-refractivity contribution in [2.75, 3.05) is 11.9 Å². The van der Waals surface area contributed by atoms with Gasteiger partial charge in [-0.2, -0.15) is 13.2 Å². The number of aromatic nitrogens is 2. The van der Waals surface area contributed by atoms with E-state index < -0.39 is 11.9 Å². The Labute approximate surface area is 97.0 Å². The van der Waals surface area contributed by atoms with Gasteiger partial charge in [-0.05, 0) is 18.8 Å². The fourth-order valence-corrected chi connectivity index (χ4v) is 2.93. The Morgan fingerprint density at radius 3 is 2.82 bits per heavy atom. The first-order chi connectivity index (χ1) is 8.05. The smallest absolute Gasteiger partial charge is 0.355 e. The molecule has 6 heteroatoms. The summed E-state index contributed by atoms with van der Waals surface area (Å²) in [6.45, 7) is 0.749. The summed E-state index contributed by atoms with van der Waals surface area (Å²) in [5.41, 5.74) is -0.786. The van der Waals surface area contributed by atoms with Crippen molar-refractivity contribution in [1.29, 1.82) is 0 Å². The lowest BCUT2D eigenvalue weighted by Crippen LogP contribution is -2.34. The van der Waals surface area contributed by atoms with Gasteiger partial charge in [-0.15, -0.1) is 0 Å². The third kappa shape index (κ3) is 1.79. The van der Waals surface area contributed by atoms with Crippen molar-refractivity contribution in [2.45, 2.75) is 37.9 Å². The van der Waals surface area contributed by atoms with Crippen molar-refractivity contribution < 1.29 is 13.2 Å². The Bertz CT molecular complexity index is 424. The number of hydrogen-bond acceptors (Lipinski definition) is 2. The molecule has 0 aromatic carbocycles. The van der Waals surface area contributed by atoms with Gasteiger partial charge in [0.05, 0.1) is 0 Å². The van der Waals surface area contributed by atoms with Crippen molar-refractivity contribution in [3.63, 3.8) is 0 Å². The molecular weight excluding hydrogens is 231 g/mol. The zero-order valence-electron chi connectivity index (χ0n) is 9.30. The third-order valence-electron chi connectivity index (χ3n) is 3.77. The van der Waals surface area contributed by atoms with Crippen molar-refractivity contribution in [3.8, 4) is 0 Å². The number of anilines is 1. The zero-order valence-corrected chi connectivity index (χ0v) is 9.30. The van der Waals surface area contributed by atoms with Gasteiger partial charge in [-0.3, -0.25) is 0 Å². The molecule has 1 N–H and O–H groups in total. The Morgan fingerprint density at radius 2 is 2.06 bits per heavy atom. The minimum absolute atomic E-state index is 0.198. The summed E-state index contributed by atoms with van der Waals surface area (Å²) in [6, 6.07) is 0.198. The maximum absolute atomic E-state index is 12.6. The van der Waals surface area contributed by atoms with Gasteiger partial charge in [0.25, 0.3) is 0 Å². The minimum Gasteiger partial charge on any atom is -0.355 e. The second kappa shape index (κ2) is 3.65. The van der Waals surface area contributed by atoms with Gasteiger partial charge >= 0.3 is 6.18 Å². The van der Waals surface area contributed by atoms with E-state index >= 15 is 0 Å². The Hall–Kier alpha value is -1.20. The highest BCUT2D eigenvalue weighted by Crippen LogP contribution is 2.40. The number of hydrogen-bond donors (Lipinski definition) is 1. The second-order valence-corrected chi connectivity index (χ2v) is 4.85.